The molecule has 1 fully saturated rings. The highest BCUT2D eigenvalue weighted by molar-refractivity contribution is 7.91. The van der Waals surface area contributed by atoms with Gasteiger partial charge in [0.25, 0.3) is 0 Å². The van der Waals surface area contributed by atoms with Gasteiger partial charge in [0.1, 0.15) is 0 Å². The van der Waals surface area contributed by atoms with Crippen molar-refractivity contribution >= 4 is 9.84 Å². The molecule has 4 heteroatoms. The van der Waals surface area contributed by atoms with Crippen LogP contribution in [0.3, 0.4) is 0 Å². The van der Waals surface area contributed by atoms with E-state index in [0.29, 0.717) is 17.4 Å². The molecule has 1 N–H and O–H groups in total. The molecule has 0 bridgehead atoms. The van der Waals surface area contributed by atoms with E-state index < -0.39 is 9.84 Å². The predicted octanol–water partition coefficient (Wildman–Crippen LogP) is 2.76. The smallest absolute Gasteiger partial charge is 0.150 e. The summed E-state index contributed by atoms with van der Waals surface area (Å²) in [6.07, 6.45) is 6.40. The highest BCUT2D eigenvalue weighted by atomic mass is 32.2. The Morgan fingerprint density at radius 1 is 1.11 bits per heavy atom. The van der Waals surface area contributed by atoms with E-state index in [4.69, 9.17) is 0 Å². The first-order chi connectivity index (χ1) is 8.29. The third-order valence-corrected chi connectivity index (χ3v) is 5.39. The van der Waals surface area contributed by atoms with E-state index in [-0.39, 0.29) is 5.54 Å². The van der Waals surface area contributed by atoms with Crippen molar-refractivity contribution in [1.82, 2.24) is 5.32 Å². The largest absolute Gasteiger partial charge is 0.312 e. The van der Waals surface area contributed by atoms with E-state index >= 15 is 0 Å². The summed E-state index contributed by atoms with van der Waals surface area (Å²) in [6, 6.07) is 0. The maximum absolute atomic E-state index is 11.9. The Hall–Kier alpha value is -0.0900. The summed E-state index contributed by atoms with van der Waals surface area (Å²) in [4.78, 5) is 0. The molecule has 108 valence electrons. The van der Waals surface area contributed by atoms with Crippen molar-refractivity contribution in [3.8, 4) is 0 Å². The number of unbranched alkanes of at least 4 members (excludes halogenated alkanes) is 1. The second-order valence-corrected chi connectivity index (χ2v) is 8.88. The normalized spacial score (nSPS) is 18.4. The zero-order valence-corrected chi connectivity index (χ0v) is 13.0. The molecule has 0 unspecified atom stereocenters. The molecular weight excluding hydrogens is 246 g/mol. The van der Waals surface area contributed by atoms with Gasteiger partial charge in [-0.3, -0.25) is 0 Å². The Kier molecular flexibility index (Phi) is 6.12. The molecule has 0 saturated heterocycles. The van der Waals surface area contributed by atoms with Crippen molar-refractivity contribution in [2.45, 2.75) is 64.8 Å². The molecule has 0 spiro atoms. The van der Waals surface area contributed by atoms with E-state index in [1.807, 2.05) is 0 Å². The number of hydrogen-bond acceptors (Lipinski definition) is 3. The van der Waals surface area contributed by atoms with Crippen molar-refractivity contribution in [3.05, 3.63) is 0 Å². The average molecular weight is 275 g/mol. The van der Waals surface area contributed by atoms with Crippen LogP contribution in [0.25, 0.3) is 0 Å². The van der Waals surface area contributed by atoms with E-state index in [2.05, 4.69) is 26.1 Å². The first kappa shape index (κ1) is 16.0. The van der Waals surface area contributed by atoms with Gasteiger partial charge in [0.2, 0.25) is 0 Å². The summed E-state index contributed by atoms with van der Waals surface area (Å²) in [5.74, 6) is 1.25. The van der Waals surface area contributed by atoms with Gasteiger partial charge in [0.05, 0.1) is 11.5 Å². The first-order valence-electron chi connectivity index (χ1n) is 7.24. The maximum Gasteiger partial charge on any atom is 0.150 e. The molecule has 0 amide bonds. The van der Waals surface area contributed by atoms with Crippen molar-refractivity contribution in [2.24, 2.45) is 5.92 Å². The predicted molar refractivity (Wildman–Crippen MR) is 77.6 cm³/mol. The van der Waals surface area contributed by atoms with Crippen LogP contribution in [0.15, 0.2) is 0 Å². The number of rotatable bonds is 7. The molecule has 0 atom stereocenters. The quantitative estimate of drug-likeness (QED) is 0.727. The van der Waals surface area contributed by atoms with Gasteiger partial charge in [-0.2, -0.15) is 0 Å². The van der Waals surface area contributed by atoms with Gasteiger partial charge in [0, 0.05) is 5.54 Å². The van der Waals surface area contributed by atoms with Crippen LogP contribution in [0.1, 0.15) is 59.3 Å². The van der Waals surface area contributed by atoms with Crippen molar-refractivity contribution in [1.29, 1.82) is 0 Å². The van der Waals surface area contributed by atoms with Crippen LogP contribution in [0, 0.1) is 5.92 Å². The Morgan fingerprint density at radius 2 is 1.72 bits per heavy atom. The third-order valence-electron chi connectivity index (χ3n) is 3.50. The molecule has 3 nitrogen and oxygen atoms in total. The highest BCUT2D eigenvalue weighted by Crippen LogP contribution is 2.26. The molecule has 1 rings (SSSR count). The van der Waals surface area contributed by atoms with Gasteiger partial charge in [0.15, 0.2) is 9.84 Å². The van der Waals surface area contributed by atoms with Gasteiger partial charge in [-0.1, -0.05) is 12.8 Å². The summed E-state index contributed by atoms with van der Waals surface area (Å²) >= 11 is 0. The van der Waals surface area contributed by atoms with Crippen LogP contribution in [0.5, 0.6) is 0 Å². The van der Waals surface area contributed by atoms with Crippen molar-refractivity contribution in [2.75, 3.05) is 18.1 Å². The van der Waals surface area contributed by atoms with Gasteiger partial charge in [-0.05, 0) is 58.9 Å². The lowest BCUT2D eigenvalue weighted by atomic mass is 10.1. The maximum atomic E-state index is 11.9. The minimum atomic E-state index is -2.81. The van der Waals surface area contributed by atoms with Crippen molar-refractivity contribution in [3.63, 3.8) is 0 Å². The van der Waals surface area contributed by atoms with Crippen LogP contribution >= 0.6 is 0 Å². The number of nitrogens with one attached hydrogen (secondary N) is 1. The minimum Gasteiger partial charge on any atom is -0.312 e. The van der Waals surface area contributed by atoms with E-state index in [0.717, 1.165) is 32.2 Å². The Morgan fingerprint density at radius 3 is 2.28 bits per heavy atom. The van der Waals surface area contributed by atoms with E-state index in [1.165, 1.54) is 12.8 Å². The molecular formula is C14H29NO2S. The summed E-state index contributed by atoms with van der Waals surface area (Å²) in [6.45, 7) is 7.29. The monoisotopic (exact) mass is 275 g/mol. The number of hydrogen-bond donors (Lipinski definition) is 1. The molecule has 0 aromatic heterocycles. The van der Waals surface area contributed by atoms with Gasteiger partial charge >= 0.3 is 0 Å². The second-order valence-electron chi connectivity index (χ2n) is 6.65. The number of sulfone groups is 1. The Balaban J connectivity index is 2.13. The molecule has 0 aromatic rings. The zero-order valence-electron chi connectivity index (χ0n) is 12.2. The van der Waals surface area contributed by atoms with Crippen LogP contribution in [0.4, 0.5) is 0 Å². The molecule has 18 heavy (non-hydrogen) atoms. The Labute approximate surface area is 113 Å². The molecule has 1 saturated carbocycles. The fourth-order valence-corrected chi connectivity index (χ4v) is 4.39. The highest BCUT2D eigenvalue weighted by Gasteiger charge is 2.22. The average Bonchev–Trinajstić information content (AvgIpc) is 2.67. The SMILES string of the molecule is CC(C)(C)NCCCCS(=O)(=O)CC1CCCC1. The molecule has 0 aliphatic heterocycles. The van der Waals surface area contributed by atoms with E-state index in [1.54, 1.807) is 0 Å². The first-order valence-corrected chi connectivity index (χ1v) is 9.06. The van der Waals surface area contributed by atoms with Crippen LogP contribution in [-0.2, 0) is 9.84 Å². The fraction of sp³-hybridized carbons (Fsp3) is 1.00. The summed E-state index contributed by atoms with van der Waals surface area (Å²) in [5.41, 5.74) is 0.128. The summed E-state index contributed by atoms with van der Waals surface area (Å²) in [7, 11) is -2.81. The lowest BCUT2D eigenvalue weighted by molar-refractivity contribution is 0.421. The molecule has 0 heterocycles. The minimum absolute atomic E-state index is 0.128. The van der Waals surface area contributed by atoms with Gasteiger partial charge < -0.3 is 5.32 Å². The van der Waals surface area contributed by atoms with Crippen LogP contribution in [0.2, 0.25) is 0 Å². The van der Waals surface area contributed by atoms with Gasteiger partial charge in [-0.15, -0.1) is 0 Å². The topological polar surface area (TPSA) is 46.2 Å². The lowest BCUT2D eigenvalue weighted by Gasteiger charge is -2.20. The van der Waals surface area contributed by atoms with Crippen molar-refractivity contribution < 1.29 is 8.42 Å². The lowest BCUT2D eigenvalue weighted by Crippen LogP contribution is -2.36. The zero-order chi connectivity index (χ0) is 13.6. The standard InChI is InChI=1S/C14H29NO2S/c1-14(2,3)15-10-6-7-11-18(16,17)12-13-8-4-5-9-13/h13,15H,4-12H2,1-3H3. The Bertz CT molecular complexity index is 324. The second kappa shape index (κ2) is 6.90. The summed E-state index contributed by atoms with van der Waals surface area (Å²) in [5, 5.41) is 3.39. The summed E-state index contributed by atoms with van der Waals surface area (Å²) < 4.78 is 23.9. The van der Waals surface area contributed by atoms with Crippen LogP contribution < -0.4 is 5.32 Å². The molecule has 0 aromatic carbocycles. The molecule has 1 aliphatic rings. The van der Waals surface area contributed by atoms with Crippen LogP contribution in [-0.4, -0.2) is 32.0 Å². The molecule has 0 radical (unpaired) electrons. The molecule has 1 aliphatic carbocycles. The van der Waals surface area contributed by atoms with Gasteiger partial charge in [-0.25, -0.2) is 8.42 Å². The fourth-order valence-electron chi connectivity index (χ4n) is 2.53. The van der Waals surface area contributed by atoms with E-state index in [9.17, 15) is 8.42 Å². The third kappa shape index (κ3) is 7.37.